The number of amides is 2. The molecule has 8 heteroatoms. The summed E-state index contributed by atoms with van der Waals surface area (Å²) in [6.07, 6.45) is -0.793. The lowest BCUT2D eigenvalue weighted by molar-refractivity contribution is -0.133. The fraction of sp³-hybridized carbons (Fsp3) is 0.300. The summed E-state index contributed by atoms with van der Waals surface area (Å²) in [6.45, 7) is 6.98. The third kappa shape index (κ3) is 6.14. The molecule has 2 amide bonds. The fourth-order valence-corrected chi connectivity index (χ4v) is 3.41. The molecule has 0 saturated carbocycles. The zero-order valence-electron chi connectivity index (χ0n) is 16.1. The molecule has 1 atom stereocenters. The van der Waals surface area contributed by atoms with Gasteiger partial charge in [-0.3, -0.25) is 20.4 Å². The first-order chi connectivity index (χ1) is 13.2. The molecule has 0 aliphatic heterocycles. The maximum Gasteiger partial charge on any atom is 0.279 e. The van der Waals surface area contributed by atoms with Crippen molar-refractivity contribution in [3.8, 4) is 11.5 Å². The van der Waals surface area contributed by atoms with Gasteiger partial charge >= 0.3 is 0 Å². The number of hydrogen-bond donors (Lipinski definition) is 2. The number of nitrogens with one attached hydrogen (secondary N) is 2. The van der Waals surface area contributed by atoms with Crippen LogP contribution >= 0.6 is 27.5 Å². The normalized spacial score (nSPS) is 11.5. The maximum absolute atomic E-state index is 12.2. The topological polar surface area (TPSA) is 76.7 Å². The highest BCUT2D eigenvalue weighted by Gasteiger charge is 2.18. The molecule has 0 spiro atoms. The second-order valence-corrected chi connectivity index (χ2v) is 7.72. The largest absolute Gasteiger partial charge is 0.483 e. The molecule has 2 N–H and O–H groups in total. The van der Waals surface area contributed by atoms with Gasteiger partial charge in [0.25, 0.3) is 11.8 Å². The van der Waals surface area contributed by atoms with Gasteiger partial charge in [0, 0.05) is 9.50 Å². The molecule has 0 aromatic heterocycles. The predicted octanol–water partition coefficient (Wildman–Crippen LogP) is 4.02. The van der Waals surface area contributed by atoms with Gasteiger partial charge in [-0.2, -0.15) is 0 Å². The van der Waals surface area contributed by atoms with Crippen molar-refractivity contribution >= 4 is 39.3 Å². The van der Waals surface area contributed by atoms with Crippen LogP contribution < -0.4 is 20.3 Å². The standard InChI is InChI=1S/C20H22BrClN2O4/c1-11-9-16(22)5-6-17(11)27-10-18(25)23-24-20(26)14(4)28-19-12(2)7-15(21)8-13(19)3/h5-9,14H,10H2,1-4H3,(H,23,25)(H,24,26). The van der Waals surface area contributed by atoms with Crippen LogP contribution in [0.3, 0.4) is 0 Å². The van der Waals surface area contributed by atoms with Crippen LogP contribution in [0.5, 0.6) is 11.5 Å². The van der Waals surface area contributed by atoms with Gasteiger partial charge in [0.15, 0.2) is 12.7 Å². The second-order valence-electron chi connectivity index (χ2n) is 6.36. The van der Waals surface area contributed by atoms with Crippen LogP contribution in [0, 0.1) is 20.8 Å². The molecular weight excluding hydrogens is 448 g/mol. The first kappa shape index (κ1) is 22.0. The Morgan fingerprint density at radius 1 is 1.07 bits per heavy atom. The summed E-state index contributed by atoms with van der Waals surface area (Å²) in [5.74, 6) is 0.214. The number of aryl methyl sites for hydroxylation is 3. The van der Waals surface area contributed by atoms with Gasteiger partial charge in [0.2, 0.25) is 0 Å². The first-order valence-electron chi connectivity index (χ1n) is 8.58. The molecule has 0 aliphatic rings. The zero-order chi connectivity index (χ0) is 20.8. The summed E-state index contributed by atoms with van der Waals surface area (Å²) >= 11 is 9.30. The molecule has 2 rings (SSSR count). The van der Waals surface area contributed by atoms with E-state index < -0.39 is 17.9 Å². The van der Waals surface area contributed by atoms with Gasteiger partial charge in [0.1, 0.15) is 11.5 Å². The van der Waals surface area contributed by atoms with Gasteiger partial charge in [0.05, 0.1) is 0 Å². The molecular formula is C20H22BrClN2O4. The molecule has 0 saturated heterocycles. The van der Waals surface area contributed by atoms with Crippen molar-refractivity contribution in [2.45, 2.75) is 33.8 Å². The van der Waals surface area contributed by atoms with Crippen LogP contribution in [0.4, 0.5) is 0 Å². The van der Waals surface area contributed by atoms with Crippen molar-refractivity contribution in [1.82, 2.24) is 10.9 Å². The Balaban J connectivity index is 1.83. The number of rotatable bonds is 6. The Kier molecular flexibility index (Phi) is 7.71. The first-order valence-corrected chi connectivity index (χ1v) is 9.75. The maximum atomic E-state index is 12.2. The predicted molar refractivity (Wildman–Crippen MR) is 112 cm³/mol. The molecule has 0 heterocycles. The van der Waals surface area contributed by atoms with Gasteiger partial charge in [-0.15, -0.1) is 0 Å². The van der Waals surface area contributed by atoms with Crippen LogP contribution in [0.15, 0.2) is 34.8 Å². The summed E-state index contributed by atoms with van der Waals surface area (Å²) in [5, 5.41) is 0.590. The number of halogens is 2. The average molecular weight is 470 g/mol. The van der Waals surface area contributed by atoms with Crippen LogP contribution in [0.25, 0.3) is 0 Å². The van der Waals surface area contributed by atoms with Crippen molar-refractivity contribution in [3.05, 3.63) is 56.5 Å². The Bertz CT molecular complexity index is 865. The summed E-state index contributed by atoms with van der Waals surface area (Å²) in [6, 6.07) is 8.91. The molecule has 1 unspecified atom stereocenters. The van der Waals surface area contributed by atoms with Gasteiger partial charge in [-0.1, -0.05) is 27.5 Å². The van der Waals surface area contributed by atoms with E-state index in [1.54, 1.807) is 25.1 Å². The molecule has 0 bridgehead atoms. The highest BCUT2D eigenvalue weighted by molar-refractivity contribution is 9.10. The number of hydrazine groups is 1. The number of carbonyl (C=O) groups excluding carboxylic acids is 2. The number of ether oxygens (including phenoxy) is 2. The minimum absolute atomic E-state index is 0.247. The van der Waals surface area contributed by atoms with Crippen molar-refractivity contribution < 1.29 is 19.1 Å². The van der Waals surface area contributed by atoms with E-state index in [4.69, 9.17) is 21.1 Å². The van der Waals surface area contributed by atoms with Crippen LogP contribution in [0.2, 0.25) is 5.02 Å². The smallest absolute Gasteiger partial charge is 0.279 e. The van der Waals surface area contributed by atoms with Crippen molar-refractivity contribution in [2.24, 2.45) is 0 Å². The number of hydrogen-bond acceptors (Lipinski definition) is 4. The molecule has 0 aliphatic carbocycles. The van der Waals surface area contributed by atoms with E-state index in [0.717, 1.165) is 21.2 Å². The van der Waals surface area contributed by atoms with E-state index in [2.05, 4.69) is 26.8 Å². The lowest BCUT2D eigenvalue weighted by Gasteiger charge is -2.18. The van der Waals surface area contributed by atoms with Crippen molar-refractivity contribution in [1.29, 1.82) is 0 Å². The molecule has 28 heavy (non-hydrogen) atoms. The third-order valence-electron chi connectivity index (χ3n) is 3.91. The number of carbonyl (C=O) groups is 2. The van der Waals surface area contributed by atoms with E-state index in [9.17, 15) is 9.59 Å². The molecule has 6 nitrogen and oxygen atoms in total. The molecule has 150 valence electrons. The van der Waals surface area contributed by atoms with E-state index in [1.165, 1.54) is 0 Å². The summed E-state index contributed by atoms with van der Waals surface area (Å²) < 4.78 is 12.1. The highest BCUT2D eigenvalue weighted by atomic mass is 79.9. The molecule has 2 aromatic rings. The van der Waals surface area contributed by atoms with Gasteiger partial charge < -0.3 is 9.47 Å². The molecule has 0 fully saturated rings. The molecule has 0 radical (unpaired) electrons. The SMILES string of the molecule is Cc1cc(Cl)ccc1OCC(=O)NNC(=O)C(C)Oc1c(C)cc(Br)cc1C. The minimum atomic E-state index is -0.793. The van der Waals surface area contributed by atoms with E-state index in [0.29, 0.717) is 16.5 Å². The van der Waals surface area contributed by atoms with E-state index in [1.807, 2.05) is 32.9 Å². The minimum Gasteiger partial charge on any atom is -0.483 e. The highest BCUT2D eigenvalue weighted by Crippen LogP contribution is 2.28. The Morgan fingerprint density at radius 2 is 1.71 bits per heavy atom. The quantitative estimate of drug-likeness (QED) is 0.627. The third-order valence-corrected chi connectivity index (χ3v) is 4.60. The zero-order valence-corrected chi connectivity index (χ0v) is 18.4. The Morgan fingerprint density at radius 3 is 2.32 bits per heavy atom. The Hall–Kier alpha value is -2.25. The molecule has 2 aromatic carbocycles. The van der Waals surface area contributed by atoms with Gasteiger partial charge in [-0.25, -0.2) is 0 Å². The van der Waals surface area contributed by atoms with Crippen molar-refractivity contribution in [3.63, 3.8) is 0 Å². The monoisotopic (exact) mass is 468 g/mol. The fourth-order valence-electron chi connectivity index (χ4n) is 2.50. The lowest BCUT2D eigenvalue weighted by Crippen LogP contribution is -2.48. The van der Waals surface area contributed by atoms with Crippen LogP contribution in [0.1, 0.15) is 23.6 Å². The summed E-state index contributed by atoms with van der Waals surface area (Å²) in [5.41, 5.74) is 7.27. The van der Waals surface area contributed by atoms with E-state index in [-0.39, 0.29) is 6.61 Å². The number of benzene rings is 2. The average Bonchev–Trinajstić information content (AvgIpc) is 2.61. The van der Waals surface area contributed by atoms with E-state index >= 15 is 0 Å². The van der Waals surface area contributed by atoms with Crippen molar-refractivity contribution in [2.75, 3.05) is 6.61 Å². The summed E-state index contributed by atoms with van der Waals surface area (Å²) in [4.78, 5) is 24.1. The van der Waals surface area contributed by atoms with Crippen LogP contribution in [-0.4, -0.2) is 24.5 Å². The Labute approximate surface area is 177 Å². The lowest BCUT2D eigenvalue weighted by atomic mass is 10.1. The van der Waals surface area contributed by atoms with Crippen LogP contribution in [-0.2, 0) is 9.59 Å². The second kappa shape index (κ2) is 9.80. The summed E-state index contributed by atoms with van der Waals surface area (Å²) in [7, 11) is 0. The van der Waals surface area contributed by atoms with Gasteiger partial charge in [-0.05, 0) is 74.7 Å².